The lowest BCUT2D eigenvalue weighted by molar-refractivity contribution is 0.133. The van der Waals surface area contributed by atoms with Crippen molar-refractivity contribution in [3.63, 3.8) is 0 Å². The van der Waals surface area contributed by atoms with Gasteiger partial charge in [0.1, 0.15) is 0 Å². The molecule has 304 valence electrons. The van der Waals surface area contributed by atoms with E-state index < -0.39 is 26.7 Å². The molecule has 0 bridgehead atoms. The van der Waals surface area contributed by atoms with Crippen LogP contribution in [0.3, 0.4) is 0 Å². The molecular weight excluding hydrogens is 720 g/mol. The molecule has 0 spiro atoms. The van der Waals surface area contributed by atoms with E-state index in [9.17, 15) is 5.11 Å². The van der Waals surface area contributed by atoms with E-state index in [4.69, 9.17) is 4.43 Å². The summed E-state index contributed by atoms with van der Waals surface area (Å²) in [5, 5.41) is 16.0. The van der Waals surface area contributed by atoms with Crippen LogP contribution in [0, 0.1) is 5.92 Å². The molecule has 3 nitrogen and oxygen atoms in total. The van der Waals surface area contributed by atoms with E-state index in [2.05, 4.69) is 88.4 Å². The maximum Gasteiger partial charge on any atom is 0.261 e. The normalized spacial score (nSPS) is 17.8. The summed E-state index contributed by atoms with van der Waals surface area (Å²) < 4.78 is 23.3. The fourth-order valence-electron chi connectivity index (χ4n) is 9.70. The minimum atomic E-state index is -3.20. The van der Waals surface area contributed by atoms with Gasteiger partial charge in [-0.05, 0) is 47.0 Å². The first-order valence-corrected chi connectivity index (χ1v) is 26.0. The number of aliphatic hydroxyl groups excluding tert-OH is 1. The summed E-state index contributed by atoms with van der Waals surface area (Å²) in [4.78, 5) is 0. The van der Waals surface area contributed by atoms with Gasteiger partial charge in [-0.1, -0.05) is 239 Å². The number of rotatable bonds is 26. The maximum absolute atomic E-state index is 16.0. The number of hydrogen-bond donors (Lipinski definition) is 1. The maximum atomic E-state index is 16.0. The second-order valence-corrected chi connectivity index (χ2v) is 25.1. The third kappa shape index (κ3) is 10.6. The standard InChI is InChI=1S/C51H73O3PSi/c1-5-6-7-8-9-10-11-12-13-14-15-16-17-22-32-44-43-51(44,55(53,45-33-23-18-24-34-45)46-35-25-19-26-36-46)49(52)41-31-42-54-56(50(2,3)4,47-37-27-20-28-38-47)48-39-29-21-30-40-48/h18-21,23-30,33-40,44,49,52H,5-17,22,31-32,41-43H2,1-4H3/t44-,49-,51-/m1/s1. The topological polar surface area (TPSA) is 46.5 Å². The summed E-state index contributed by atoms with van der Waals surface area (Å²) in [6.07, 6.45) is 21.2. The molecule has 0 unspecified atom stereocenters. The van der Waals surface area contributed by atoms with E-state index in [-0.39, 0.29) is 11.0 Å². The molecule has 56 heavy (non-hydrogen) atoms. The minimum absolute atomic E-state index is 0.110. The quantitative estimate of drug-likeness (QED) is 0.0391. The molecule has 0 amide bonds. The lowest BCUT2D eigenvalue weighted by Crippen LogP contribution is -2.66. The van der Waals surface area contributed by atoms with Crippen molar-refractivity contribution in [2.24, 2.45) is 5.92 Å². The molecule has 1 N–H and O–H groups in total. The van der Waals surface area contributed by atoms with E-state index in [0.717, 1.165) is 29.9 Å². The molecular formula is C51H73O3PSi. The Morgan fingerprint density at radius 2 is 1.02 bits per heavy atom. The Bertz CT molecular complexity index is 1630. The molecule has 0 aliphatic heterocycles. The van der Waals surface area contributed by atoms with Crippen molar-refractivity contribution in [2.75, 3.05) is 6.61 Å². The summed E-state index contributed by atoms with van der Waals surface area (Å²) >= 11 is 0. The molecule has 0 saturated heterocycles. The Labute approximate surface area is 342 Å². The number of benzene rings is 4. The van der Waals surface area contributed by atoms with E-state index in [1.165, 1.54) is 93.8 Å². The van der Waals surface area contributed by atoms with E-state index in [0.29, 0.717) is 19.4 Å². The molecule has 0 aromatic heterocycles. The molecule has 1 saturated carbocycles. The molecule has 1 aliphatic carbocycles. The molecule has 4 aromatic rings. The fourth-order valence-corrected chi connectivity index (χ4v) is 18.4. The van der Waals surface area contributed by atoms with Crippen LogP contribution >= 0.6 is 7.14 Å². The summed E-state index contributed by atoms with van der Waals surface area (Å²) in [6, 6.07) is 41.8. The number of hydrogen-bond acceptors (Lipinski definition) is 3. The summed E-state index contributed by atoms with van der Waals surface area (Å²) in [5.74, 6) is 0.235. The average Bonchev–Trinajstić information content (AvgIpc) is 3.97. The Hall–Kier alpha value is -2.75. The predicted molar refractivity (Wildman–Crippen MR) is 244 cm³/mol. The van der Waals surface area contributed by atoms with Gasteiger partial charge in [-0.2, -0.15) is 0 Å². The van der Waals surface area contributed by atoms with Crippen LogP contribution in [0.1, 0.15) is 143 Å². The van der Waals surface area contributed by atoms with Gasteiger partial charge < -0.3 is 14.1 Å². The van der Waals surface area contributed by atoms with Crippen LogP contribution in [0.5, 0.6) is 0 Å². The molecule has 1 fully saturated rings. The zero-order valence-corrected chi connectivity index (χ0v) is 37.2. The van der Waals surface area contributed by atoms with Gasteiger partial charge in [0.05, 0.1) is 11.3 Å². The molecule has 0 radical (unpaired) electrons. The van der Waals surface area contributed by atoms with E-state index in [1.807, 2.05) is 60.7 Å². The van der Waals surface area contributed by atoms with Crippen LogP contribution in [0.2, 0.25) is 5.04 Å². The van der Waals surface area contributed by atoms with Crippen LogP contribution in [-0.2, 0) is 8.99 Å². The van der Waals surface area contributed by atoms with Crippen LogP contribution in [0.25, 0.3) is 0 Å². The van der Waals surface area contributed by atoms with Crippen molar-refractivity contribution in [1.29, 1.82) is 0 Å². The zero-order valence-electron chi connectivity index (χ0n) is 35.3. The highest BCUT2D eigenvalue weighted by molar-refractivity contribution is 7.80. The fraction of sp³-hybridized carbons (Fsp3) is 0.529. The van der Waals surface area contributed by atoms with Gasteiger partial charge in [0.15, 0.2) is 7.14 Å². The Morgan fingerprint density at radius 3 is 1.43 bits per heavy atom. The molecule has 1 aliphatic rings. The SMILES string of the molecule is CCCCCCCCCCCCCCCC[C@@H]1C[C@@]1([C@H](O)CCCO[Si](c1ccccc1)(c1ccccc1)C(C)(C)C)P(=O)(c1ccccc1)c1ccccc1. The highest BCUT2D eigenvalue weighted by Gasteiger charge is 2.68. The molecule has 0 heterocycles. The van der Waals surface area contributed by atoms with Gasteiger partial charge >= 0.3 is 0 Å². The highest BCUT2D eigenvalue weighted by atomic mass is 31.2. The monoisotopic (exact) mass is 793 g/mol. The Kier molecular flexibility index (Phi) is 17.3. The third-order valence-corrected chi connectivity index (χ3v) is 21.9. The molecule has 3 atom stereocenters. The van der Waals surface area contributed by atoms with Crippen LogP contribution in [0.15, 0.2) is 121 Å². The van der Waals surface area contributed by atoms with Crippen molar-refractivity contribution >= 4 is 36.4 Å². The highest BCUT2D eigenvalue weighted by Crippen LogP contribution is 2.74. The summed E-state index contributed by atoms with van der Waals surface area (Å²) in [6.45, 7) is 9.77. The molecule has 5 heteroatoms. The third-order valence-electron chi connectivity index (χ3n) is 12.8. The lowest BCUT2D eigenvalue weighted by Gasteiger charge is -2.43. The molecule has 5 rings (SSSR count). The van der Waals surface area contributed by atoms with Crippen LogP contribution in [0.4, 0.5) is 0 Å². The first kappa shape index (κ1) is 44.4. The first-order chi connectivity index (χ1) is 27.2. The van der Waals surface area contributed by atoms with E-state index >= 15 is 4.57 Å². The summed E-state index contributed by atoms with van der Waals surface area (Å²) in [7, 11) is -5.89. The van der Waals surface area contributed by atoms with Gasteiger partial charge in [0.2, 0.25) is 0 Å². The summed E-state index contributed by atoms with van der Waals surface area (Å²) in [5.41, 5.74) is 0. The predicted octanol–water partition coefficient (Wildman–Crippen LogP) is 12.3. The number of unbranched alkanes of at least 4 members (excludes halogenated alkanes) is 13. The van der Waals surface area contributed by atoms with Crippen molar-refractivity contribution in [1.82, 2.24) is 0 Å². The Balaban J connectivity index is 1.25. The lowest BCUT2D eigenvalue weighted by atomic mass is 10.0. The van der Waals surface area contributed by atoms with Crippen LogP contribution < -0.4 is 21.0 Å². The zero-order chi connectivity index (χ0) is 39.7. The first-order valence-electron chi connectivity index (χ1n) is 22.4. The number of aliphatic hydroxyl groups is 1. The van der Waals surface area contributed by atoms with Crippen molar-refractivity contribution in [3.8, 4) is 0 Å². The van der Waals surface area contributed by atoms with Gasteiger partial charge in [-0.25, -0.2) is 0 Å². The smallest absolute Gasteiger partial charge is 0.261 e. The van der Waals surface area contributed by atoms with Gasteiger partial charge in [0.25, 0.3) is 8.32 Å². The van der Waals surface area contributed by atoms with Crippen molar-refractivity contribution in [2.45, 2.75) is 160 Å². The molecule has 4 aromatic carbocycles. The Morgan fingerprint density at radius 1 is 0.625 bits per heavy atom. The van der Waals surface area contributed by atoms with Crippen LogP contribution in [-0.4, -0.2) is 31.3 Å². The van der Waals surface area contributed by atoms with E-state index in [1.54, 1.807) is 0 Å². The second kappa shape index (κ2) is 21.8. The van der Waals surface area contributed by atoms with Crippen molar-refractivity contribution < 1.29 is 14.1 Å². The van der Waals surface area contributed by atoms with Crippen molar-refractivity contribution in [3.05, 3.63) is 121 Å². The van der Waals surface area contributed by atoms with Gasteiger partial charge in [-0.3, -0.25) is 0 Å². The minimum Gasteiger partial charge on any atom is -0.407 e. The van der Waals surface area contributed by atoms with Gasteiger partial charge in [0, 0.05) is 17.2 Å². The second-order valence-electron chi connectivity index (χ2n) is 17.7. The average molecular weight is 793 g/mol. The van der Waals surface area contributed by atoms with Gasteiger partial charge in [-0.15, -0.1) is 0 Å². The largest absolute Gasteiger partial charge is 0.407 e.